The van der Waals surface area contributed by atoms with E-state index in [2.05, 4.69) is 204 Å². The summed E-state index contributed by atoms with van der Waals surface area (Å²) in [5, 5.41) is 0. The number of hydrogen-bond acceptors (Lipinski definition) is 6. The van der Waals surface area contributed by atoms with E-state index in [1.807, 2.05) is 0 Å². The summed E-state index contributed by atoms with van der Waals surface area (Å²) < 4.78 is 0. The molecule has 3 aromatic heterocycles. The molecule has 9 heterocycles. The van der Waals surface area contributed by atoms with E-state index in [0.717, 1.165) is 67.1 Å². The molecule has 0 saturated carbocycles. The third kappa shape index (κ3) is 6.09. The van der Waals surface area contributed by atoms with Gasteiger partial charge in [-0.1, -0.05) is 48.6 Å². The Morgan fingerprint density at radius 2 is 0.679 bits per heavy atom. The van der Waals surface area contributed by atoms with Crippen LogP contribution in [0.5, 0.6) is 0 Å². The van der Waals surface area contributed by atoms with Crippen LogP contribution in [0.2, 0.25) is 0 Å². The van der Waals surface area contributed by atoms with Crippen LogP contribution in [0.25, 0.3) is 46.4 Å². The molecule has 4 atom stereocenters. The largest absolute Gasteiger partial charge is 0.370 e. The van der Waals surface area contributed by atoms with E-state index in [4.69, 9.17) is 9.97 Å². The maximum absolute atomic E-state index is 5.46. The standard InChI is InChI=1S/C44H42N8.Zn/c1-49-25-9-5-13-37(49)41-29-17-19-31(45-29)42(38-14-6-10-26-50(38)2)33-21-23-35(47-33)44(40-16-8-12-28-52(40)4)36-24-22-34(48-36)43(32-20-18-30(41)46-32)39-15-7-11-27-51(39)3;/h5-28,37-40,45-46H,1-4H3;. The second kappa shape index (κ2) is 14.1. The Kier molecular flexibility index (Phi) is 9.13. The predicted octanol–water partition coefficient (Wildman–Crippen LogP) is 8.88. The van der Waals surface area contributed by atoms with E-state index in [-0.39, 0.29) is 43.6 Å². The van der Waals surface area contributed by atoms with Gasteiger partial charge in [-0.15, -0.1) is 0 Å². The van der Waals surface area contributed by atoms with Gasteiger partial charge in [0.15, 0.2) is 0 Å². The number of nitrogens with one attached hydrogen (secondary N) is 2. The van der Waals surface area contributed by atoms with Gasteiger partial charge in [-0.25, -0.2) is 9.97 Å². The van der Waals surface area contributed by atoms with E-state index < -0.39 is 0 Å². The summed E-state index contributed by atoms with van der Waals surface area (Å²) in [5.74, 6) is 0. The molecule has 2 N–H and O–H groups in total. The number of H-pyrrole nitrogens is 2. The van der Waals surface area contributed by atoms with Crippen LogP contribution in [-0.4, -0.2) is 67.7 Å². The summed E-state index contributed by atoms with van der Waals surface area (Å²) in [7, 11) is 8.50. The van der Waals surface area contributed by atoms with E-state index in [1.165, 1.54) is 0 Å². The quantitative estimate of drug-likeness (QED) is 0.179. The molecule has 0 aliphatic carbocycles. The molecule has 0 fully saturated rings. The monoisotopic (exact) mass is 746 g/mol. The summed E-state index contributed by atoms with van der Waals surface area (Å²) in [6.07, 6.45) is 43.0. The summed E-state index contributed by atoms with van der Waals surface area (Å²) in [6.45, 7) is 0. The van der Waals surface area contributed by atoms with E-state index in [0.29, 0.717) is 0 Å². The van der Waals surface area contributed by atoms with Crippen molar-refractivity contribution < 1.29 is 19.5 Å². The van der Waals surface area contributed by atoms with Crippen molar-refractivity contribution >= 4 is 46.4 Å². The minimum absolute atomic E-state index is 0. The molecule has 260 valence electrons. The second-order valence-corrected chi connectivity index (χ2v) is 14.0. The van der Waals surface area contributed by atoms with Crippen molar-refractivity contribution in [2.45, 2.75) is 24.2 Å². The van der Waals surface area contributed by atoms with Crippen molar-refractivity contribution in [1.82, 2.24) is 39.5 Å². The number of allylic oxidation sites excluding steroid dienone is 8. The van der Waals surface area contributed by atoms with Crippen molar-refractivity contribution in [3.8, 4) is 0 Å². The van der Waals surface area contributed by atoms with E-state index in [1.54, 1.807) is 0 Å². The molecule has 0 saturated heterocycles. The zero-order chi connectivity index (χ0) is 35.3. The summed E-state index contributed by atoms with van der Waals surface area (Å²) in [5.41, 5.74) is 12.3. The molecule has 0 spiro atoms. The average Bonchev–Trinajstić information content (AvgIpc) is 3.99. The number of aromatic nitrogens is 4. The Labute approximate surface area is 323 Å². The Balaban J connectivity index is 0.00000400. The number of aromatic amines is 2. The molecule has 6 aliphatic heterocycles. The Bertz CT molecular complexity index is 2300. The van der Waals surface area contributed by atoms with Gasteiger partial charge >= 0.3 is 0 Å². The summed E-state index contributed by atoms with van der Waals surface area (Å²) in [4.78, 5) is 27.7. The fourth-order valence-electron chi connectivity index (χ4n) is 8.07. The van der Waals surface area contributed by atoms with Gasteiger partial charge in [-0.3, -0.25) is 0 Å². The van der Waals surface area contributed by atoms with Crippen molar-refractivity contribution in [2.75, 3.05) is 28.2 Å². The number of likely N-dealkylation sites (N-methyl/N-ethyl adjacent to an activating group) is 4. The van der Waals surface area contributed by atoms with Crippen molar-refractivity contribution in [3.05, 3.63) is 167 Å². The first-order chi connectivity index (χ1) is 25.4. The zero-order valence-corrected chi connectivity index (χ0v) is 33.5. The third-order valence-electron chi connectivity index (χ3n) is 10.8. The fraction of sp³-hybridized carbons (Fsp3) is 0.182. The van der Waals surface area contributed by atoms with Crippen LogP contribution in [0.3, 0.4) is 0 Å². The van der Waals surface area contributed by atoms with Crippen LogP contribution >= 0.6 is 0 Å². The molecule has 8 bridgehead atoms. The van der Waals surface area contributed by atoms with Crippen LogP contribution in [-0.2, 0) is 19.5 Å². The number of hydrogen-bond donors (Lipinski definition) is 2. The topological polar surface area (TPSA) is 70.3 Å². The molecule has 53 heavy (non-hydrogen) atoms. The summed E-state index contributed by atoms with van der Waals surface area (Å²) in [6, 6.07) is 8.81. The first-order valence-electron chi connectivity index (χ1n) is 17.9. The molecule has 0 aromatic carbocycles. The van der Waals surface area contributed by atoms with Crippen molar-refractivity contribution in [1.29, 1.82) is 0 Å². The molecule has 8 nitrogen and oxygen atoms in total. The average molecular weight is 748 g/mol. The molecule has 3 aromatic rings. The van der Waals surface area contributed by atoms with Gasteiger partial charge in [0.25, 0.3) is 0 Å². The maximum atomic E-state index is 5.46. The normalized spacial score (nSPS) is 22.4. The number of rotatable bonds is 4. The molecule has 0 amide bonds. The molecule has 4 unspecified atom stereocenters. The molecular formula is C44H42N8Zn. The summed E-state index contributed by atoms with van der Waals surface area (Å²) >= 11 is 0. The molecular weight excluding hydrogens is 706 g/mol. The Hall–Kier alpha value is -5.66. The number of fused-ring (bicyclic) bond motifs is 8. The predicted molar refractivity (Wildman–Crippen MR) is 214 cm³/mol. The van der Waals surface area contributed by atoms with Crippen LogP contribution in [0, 0.1) is 0 Å². The van der Waals surface area contributed by atoms with Gasteiger partial charge in [0.1, 0.15) is 0 Å². The minimum atomic E-state index is -0.0393. The van der Waals surface area contributed by atoms with Gasteiger partial charge in [-0.2, -0.15) is 0 Å². The molecule has 9 heteroatoms. The second-order valence-electron chi connectivity index (χ2n) is 14.0. The van der Waals surface area contributed by atoms with E-state index in [9.17, 15) is 0 Å². The SMILES string of the molecule is CN1C=CC=CC1c1c2nc(c(C3C=CC=CN3C)c3ccc([nH]3)c(C3C=CC=CN3C)c3ccc([nH]3)c(C3C=CC=CN3C)c3nc1C=C3)C=C2.[Zn]. The third-order valence-corrected chi connectivity index (χ3v) is 10.8. The zero-order valence-electron chi connectivity index (χ0n) is 30.6. The Morgan fingerprint density at radius 1 is 0.396 bits per heavy atom. The first-order valence-corrected chi connectivity index (χ1v) is 17.9. The van der Waals surface area contributed by atoms with Gasteiger partial charge in [0.05, 0.1) is 46.9 Å². The minimum Gasteiger partial charge on any atom is -0.370 e. The van der Waals surface area contributed by atoms with Gasteiger partial charge < -0.3 is 29.6 Å². The van der Waals surface area contributed by atoms with E-state index >= 15 is 0 Å². The van der Waals surface area contributed by atoms with Gasteiger partial charge in [0.2, 0.25) is 0 Å². The van der Waals surface area contributed by atoms with Crippen molar-refractivity contribution in [3.63, 3.8) is 0 Å². The fourth-order valence-corrected chi connectivity index (χ4v) is 8.07. The van der Waals surface area contributed by atoms with Crippen LogP contribution < -0.4 is 0 Å². The van der Waals surface area contributed by atoms with Gasteiger partial charge in [-0.05, 0) is 97.7 Å². The number of nitrogens with zero attached hydrogens (tertiary/aromatic N) is 6. The van der Waals surface area contributed by atoms with Crippen LogP contribution in [0.15, 0.2) is 122 Å². The van der Waals surface area contributed by atoms with Crippen LogP contribution in [0.1, 0.15) is 69.2 Å². The smallest absolute Gasteiger partial charge is 0.0763 e. The van der Waals surface area contributed by atoms with Gasteiger partial charge in [0, 0.05) is 92.0 Å². The maximum Gasteiger partial charge on any atom is 0.0763 e. The molecule has 9 rings (SSSR count). The Morgan fingerprint density at radius 3 is 1.02 bits per heavy atom. The molecule has 6 aliphatic rings. The van der Waals surface area contributed by atoms with Crippen molar-refractivity contribution in [2.24, 2.45) is 0 Å². The van der Waals surface area contributed by atoms with Crippen LogP contribution in [0.4, 0.5) is 0 Å². The molecule has 0 radical (unpaired) electrons. The first kappa shape index (κ1) is 34.4.